The van der Waals surface area contributed by atoms with Gasteiger partial charge >= 0.3 is 0 Å². The summed E-state index contributed by atoms with van der Waals surface area (Å²) in [5.74, 6) is 0. The van der Waals surface area contributed by atoms with Crippen molar-refractivity contribution in [1.82, 2.24) is 4.57 Å². The quantitative estimate of drug-likeness (QED) is 0.142. The number of hydrogen-bond donors (Lipinski definition) is 0. The highest BCUT2D eigenvalue weighted by atomic mass is 16.3. The van der Waals surface area contributed by atoms with Gasteiger partial charge in [0, 0.05) is 44.3 Å². The van der Waals surface area contributed by atoms with Gasteiger partial charge in [-0.2, -0.15) is 0 Å². The largest absolute Gasteiger partial charge is 0.456 e. The normalized spacial score (nSPS) is 11.7. The van der Waals surface area contributed by atoms with E-state index in [2.05, 4.69) is 264 Å². The molecule has 2 aromatic heterocycles. The van der Waals surface area contributed by atoms with E-state index in [-0.39, 0.29) is 0 Å². The molecular formula is C68H44N2O. The molecule has 3 nitrogen and oxygen atoms in total. The third kappa shape index (κ3) is 7.06. The van der Waals surface area contributed by atoms with Crippen molar-refractivity contribution in [3.63, 3.8) is 0 Å². The summed E-state index contributed by atoms with van der Waals surface area (Å²) in [4.78, 5) is 2.37. The van der Waals surface area contributed by atoms with Crippen LogP contribution in [0.5, 0.6) is 0 Å². The Bertz CT molecular complexity index is 4280. The molecule has 14 aromatic rings. The van der Waals surface area contributed by atoms with E-state index in [4.69, 9.17) is 4.42 Å². The molecule has 0 saturated carbocycles. The van der Waals surface area contributed by atoms with Gasteiger partial charge in [-0.25, -0.2) is 0 Å². The van der Waals surface area contributed by atoms with Crippen LogP contribution in [0.2, 0.25) is 0 Å². The molecule has 12 aromatic carbocycles. The minimum Gasteiger partial charge on any atom is -0.456 e. The summed E-state index contributed by atoms with van der Waals surface area (Å²) in [6.07, 6.45) is 0. The lowest BCUT2D eigenvalue weighted by Gasteiger charge is -2.26. The zero-order valence-corrected chi connectivity index (χ0v) is 38.7. The molecule has 2 heterocycles. The Morgan fingerprint density at radius 2 is 0.704 bits per heavy atom. The average Bonchev–Trinajstić information content (AvgIpc) is 3.99. The predicted octanol–water partition coefficient (Wildman–Crippen LogP) is 19.1. The number of anilines is 3. The fraction of sp³-hybridized carbons (Fsp3) is 0. The Morgan fingerprint density at radius 1 is 0.254 bits per heavy atom. The average molecular weight is 905 g/mol. The van der Waals surface area contributed by atoms with Crippen LogP contribution >= 0.6 is 0 Å². The van der Waals surface area contributed by atoms with Crippen LogP contribution in [-0.4, -0.2) is 4.57 Å². The third-order valence-corrected chi connectivity index (χ3v) is 14.4. The summed E-state index contributed by atoms with van der Waals surface area (Å²) in [5.41, 5.74) is 18.0. The maximum absolute atomic E-state index is 6.26. The Hall–Kier alpha value is -9.44. The molecule has 0 saturated heterocycles. The first-order chi connectivity index (χ1) is 35.2. The van der Waals surface area contributed by atoms with E-state index in [1.165, 1.54) is 65.6 Å². The van der Waals surface area contributed by atoms with Gasteiger partial charge in [0.25, 0.3) is 0 Å². The summed E-state index contributed by atoms with van der Waals surface area (Å²) < 4.78 is 8.64. The predicted molar refractivity (Wildman–Crippen MR) is 299 cm³/mol. The van der Waals surface area contributed by atoms with Gasteiger partial charge < -0.3 is 13.9 Å². The van der Waals surface area contributed by atoms with Crippen LogP contribution in [0.1, 0.15) is 0 Å². The van der Waals surface area contributed by atoms with Crippen LogP contribution in [0.25, 0.3) is 115 Å². The van der Waals surface area contributed by atoms with Crippen LogP contribution in [0.3, 0.4) is 0 Å². The molecule has 0 amide bonds. The molecule has 0 radical (unpaired) electrons. The molecule has 0 atom stereocenters. The Morgan fingerprint density at radius 3 is 1.39 bits per heavy atom. The fourth-order valence-electron chi connectivity index (χ4n) is 10.9. The molecule has 0 unspecified atom stereocenters. The Balaban J connectivity index is 0.784. The van der Waals surface area contributed by atoms with E-state index < -0.39 is 0 Å². The highest BCUT2D eigenvalue weighted by Gasteiger charge is 2.17. The maximum atomic E-state index is 6.26. The highest BCUT2D eigenvalue weighted by molar-refractivity contribution is 6.10. The number of rotatable bonds is 8. The van der Waals surface area contributed by atoms with Crippen LogP contribution < -0.4 is 4.90 Å². The molecule has 0 fully saturated rings. The topological polar surface area (TPSA) is 21.3 Å². The van der Waals surface area contributed by atoms with E-state index in [0.29, 0.717) is 0 Å². The SMILES string of the molecule is c1cc(-c2ccc(N(c3ccc(-c4ccc(-c5cccc(-n6c7ccccc7c7ccccc76)c5)cc4)cc3)c3ccc4c(ccc5ccccc54)c3)cc2)cc(-c2ccc3c(c2)oc2ccccc23)c1. The molecule has 0 bridgehead atoms. The molecule has 0 spiro atoms. The maximum Gasteiger partial charge on any atom is 0.136 e. The Labute approximate surface area is 411 Å². The summed E-state index contributed by atoms with van der Waals surface area (Å²) >= 11 is 0. The van der Waals surface area contributed by atoms with Gasteiger partial charge in [-0.15, -0.1) is 0 Å². The van der Waals surface area contributed by atoms with Crippen LogP contribution in [0.15, 0.2) is 271 Å². The van der Waals surface area contributed by atoms with Crippen molar-refractivity contribution in [2.75, 3.05) is 4.90 Å². The van der Waals surface area contributed by atoms with Gasteiger partial charge in [0.1, 0.15) is 11.2 Å². The van der Waals surface area contributed by atoms with Gasteiger partial charge in [-0.3, -0.25) is 0 Å². The Kier molecular flexibility index (Phi) is 9.53. The van der Waals surface area contributed by atoms with Crippen LogP contribution in [0, 0.1) is 0 Å². The molecule has 332 valence electrons. The first-order valence-corrected chi connectivity index (χ1v) is 24.3. The van der Waals surface area contributed by atoms with E-state index in [0.717, 1.165) is 66.9 Å². The third-order valence-electron chi connectivity index (χ3n) is 14.4. The molecule has 3 heteroatoms. The van der Waals surface area contributed by atoms with E-state index in [9.17, 15) is 0 Å². The minimum atomic E-state index is 0.903. The molecule has 0 aliphatic rings. The van der Waals surface area contributed by atoms with Gasteiger partial charge in [0.15, 0.2) is 0 Å². The summed E-state index contributed by atoms with van der Waals surface area (Å²) in [6, 6.07) is 96.7. The second-order valence-electron chi connectivity index (χ2n) is 18.5. The van der Waals surface area contributed by atoms with Gasteiger partial charge in [-0.1, -0.05) is 182 Å². The number of nitrogens with zero attached hydrogens (tertiary/aromatic N) is 2. The fourth-order valence-corrected chi connectivity index (χ4v) is 10.9. The van der Waals surface area contributed by atoms with E-state index in [1.807, 2.05) is 12.1 Å². The van der Waals surface area contributed by atoms with Crippen molar-refractivity contribution in [2.24, 2.45) is 0 Å². The zero-order chi connectivity index (χ0) is 46.8. The van der Waals surface area contributed by atoms with Crippen molar-refractivity contribution in [3.05, 3.63) is 267 Å². The lowest BCUT2D eigenvalue weighted by atomic mass is 9.98. The van der Waals surface area contributed by atoms with E-state index in [1.54, 1.807) is 0 Å². The molecular weight excluding hydrogens is 861 g/mol. The standard InChI is InChI=1S/C68H44N2O/c1-2-16-59-49(11-1)27-28-54-43-58(38-40-60(54)59)69(56-36-31-48(32-37-56)50-12-9-13-51(41-50)53-33-39-64-63-19-5-8-22-67(63)71-68(64)44-53)55-34-29-46(30-35-55)45-23-25-47(26-24-45)52-14-10-15-57(42-52)70-65-20-6-3-17-61(65)62-18-4-7-21-66(62)70/h1-44H. The van der Waals surface area contributed by atoms with Gasteiger partial charge in [-0.05, 0) is 151 Å². The van der Waals surface area contributed by atoms with Crippen molar-refractivity contribution >= 4 is 82.4 Å². The summed E-state index contributed by atoms with van der Waals surface area (Å²) in [6.45, 7) is 0. The van der Waals surface area contributed by atoms with Crippen molar-refractivity contribution in [2.45, 2.75) is 0 Å². The molecule has 14 rings (SSSR count). The minimum absolute atomic E-state index is 0.903. The number of aromatic nitrogens is 1. The first kappa shape index (κ1) is 40.6. The second kappa shape index (κ2) is 16.7. The number of furan rings is 1. The number of para-hydroxylation sites is 3. The summed E-state index contributed by atoms with van der Waals surface area (Å²) in [5, 5.41) is 9.78. The van der Waals surface area contributed by atoms with Gasteiger partial charge in [0.2, 0.25) is 0 Å². The van der Waals surface area contributed by atoms with Crippen LogP contribution in [-0.2, 0) is 0 Å². The molecule has 0 aliphatic carbocycles. The lowest BCUT2D eigenvalue weighted by molar-refractivity contribution is 0.669. The van der Waals surface area contributed by atoms with Crippen molar-refractivity contribution in [1.29, 1.82) is 0 Å². The smallest absolute Gasteiger partial charge is 0.136 e. The van der Waals surface area contributed by atoms with E-state index >= 15 is 0 Å². The van der Waals surface area contributed by atoms with Crippen LogP contribution in [0.4, 0.5) is 17.1 Å². The zero-order valence-electron chi connectivity index (χ0n) is 38.7. The number of benzene rings is 12. The summed E-state index contributed by atoms with van der Waals surface area (Å²) in [7, 11) is 0. The second-order valence-corrected chi connectivity index (χ2v) is 18.5. The number of hydrogen-bond acceptors (Lipinski definition) is 2. The monoisotopic (exact) mass is 904 g/mol. The molecule has 0 aliphatic heterocycles. The first-order valence-electron chi connectivity index (χ1n) is 24.3. The highest BCUT2D eigenvalue weighted by Crippen LogP contribution is 2.41. The lowest BCUT2D eigenvalue weighted by Crippen LogP contribution is -2.09. The molecule has 71 heavy (non-hydrogen) atoms. The molecule has 0 N–H and O–H groups in total. The number of fused-ring (bicyclic) bond motifs is 9. The van der Waals surface area contributed by atoms with Crippen molar-refractivity contribution < 1.29 is 4.42 Å². The van der Waals surface area contributed by atoms with Gasteiger partial charge in [0.05, 0.1) is 11.0 Å². The van der Waals surface area contributed by atoms with Crippen molar-refractivity contribution in [3.8, 4) is 50.2 Å².